The molecule has 0 saturated heterocycles. The Labute approximate surface area is 143 Å². The molecule has 1 fully saturated rings. The number of amides is 2. The van der Waals surface area contributed by atoms with Gasteiger partial charge in [-0.1, -0.05) is 12.8 Å². The van der Waals surface area contributed by atoms with Crippen molar-refractivity contribution in [2.24, 2.45) is 0 Å². The summed E-state index contributed by atoms with van der Waals surface area (Å²) in [6.45, 7) is -0.346. The van der Waals surface area contributed by atoms with E-state index in [1.165, 1.54) is 12.8 Å². The number of benzene rings is 1. The van der Waals surface area contributed by atoms with Crippen LogP contribution >= 0.6 is 0 Å². The highest BCUT2D eigenvalue weighted by molar-refractivity contribution is 5.99. The van der Waals surface area contributed by atoms with E-state index >= 15 is 0 Å². The summed E-state index contributed by atoms with van der Waals surface area (Å²) in [7, 11) is 0. The minimum Gasteiger partial charge on any atom is -0.343 e. The average molecular weight is 348 g/mol. The minimum absolute atomic E-state index is 0.322. The summed E-state index contributed by atoms with van der Waals surface area (Å²) >= 11 is 0. The second-order valence-corrected chi connectivity index (χ2v) is 6.04. The lowest BCUT2D eigenvalue weighted by Crippen LogP contribution is -2.33. The maximum Gasteiger partial charge on any atom is 0.254 e. The van der Waals surface area contributed by atoms with E-state index in [9.17, 15) is 18.4 Å². The molecule has 0 radical (unpaired) electrons. The number of rotatable bonds is 5. The number of carbonyl (C=O) groups excluding carboxylic acids is 2. The number of halogens is 2. The molecule has 1 aromatic carbocycles. The van der Waals surface area contributed by atoms with E-state index < -0.39 is 23.4 Å². The monoisotopic (exact) mass is 348 g/mol. The Morgan fingerprint density at radius 2 is 1.96 bits per heavy atom. The van der Waals surface area contributed by atoms with Crippen molar-refractivity contribution in [1.29, 1.82) is 0 Å². The lowest BCUT2D eigenvalue weighted by Gasteiger charge is -2.06. The van der Waals surface area contributed by atoms with Gasteiger partial charge >= 0.3 is 0 Å². The number of aromatic amines is 1. The molecule has 1 heterocycles. The van der Waals surface area contributed by atoms with Crippen LogP contribution in [0.3, 0.4) is 0 Å². The van der Waals surface area contributed by atoms with E-state index in [0.29, 0.717) is 17.8 Å². The van der Waals surface area contributed by atoms with E-state index in [1.54, 1.807) is 6.07 Å². The van der Waals surface area contributed by atoms with Crippen LogP contribution in [0, 0.1) is 11.6 Å². The van der Waals surface area contributed by atoms with Gasteiger partial charge in [0.05, 0.1) is 12.1 Å². The first-order chi connectivity index (χ1) is 12.0. The van der Waals surface area contributed by atoms with E-state index in [2.05, 4.69) is 20.8 Å². The number of H-pyrrole nitrogens is 1. The highest BCUT2D eigenvalue weighted by Gasteiger charge is 2.20. The van der Waals surface area contributed by atoms with Crippen molar-refractivity contribution < 1.29 is 18.4 Å². The quantitative estimate of drug-likeness (QED) is 0.776. The molecule has 25 heavy (non-hydrogen) atoms. The highest BCUT2D eigenvalue weighted by Crippen LogP contribution is 2.33. The zero-order chi connectivity index (χ0) is 17.8. The molecule has 1 aromatic heterocycles. The van der Waals surface area contributed by atoms with E-state index in [0.717, 1.165) is 30.7 Å². The molecule has 1 aliphatic rings. The molecule has 3 N–H and O–H groups in total. The van der Waals surface area contributed by atoms with Gasteiger partial charge in [0.1, 0.15) is 11.6 Å². The number of aromatic nitrogens is 2. The number of nitrogens with one attached hydrogen (secondary N) is 3. The van der Waals surface area contributed by atoms with Gasteiger partial charge in [0.25, 0.3) is 5.91 Å². The predicted molar refractivity (Wildman–Crippen MR) is 87.1 cm³/mol. The molecule has 0 spiro atoms. The van der Waals surface area contributed by atoms with Gasteiger partial charge < -0.3 is 10.6 Å². The smallest absolute Gasteiger partial charge is 0.254 e. The van der Waals surface area contributed by atoms with Gasteiger partial charge in [-0.05, 0) is 25.0 Å². The Balaban J connectivity index is 1.51. The zero-order valence-electron chi connectivity index (χ0n) is 13.4. The minimum atomic E-state index is -0.980. The highest BCUT2D eigenvalue weighted by atomic mass is 19.1. The molecular formula is C17H18F2N4O2. The van der Waals surface area contributed by atoms with Gasteiger partial charge in [-0.3, -0.25) is 14.7 Å². The molecule has 1 aliphatic carbocycles. The van der Waals surface area contributed by atoms with Crippen LogP contribution < -0.4 is 10.6 Å². The summed E-state index contributed by atoms with van der Waals surface area (Å²) in [5.41, 5.74) is 0.669. The van der Waals surface area contributed by atoms with E-state index in [1.807, 2.05) is 0 Å². The van der Waals surface area contributed by atoms with Crippen molar-refractivity contribution in [3.8, 4) is 0 Å². The Hall–Kier alpha value is -2.77. The van der Waals surface area contributed by atoms with Gasteiger partial charge in [0.15, 0.2) is 5.82 Å². The average Bonchev–Trinajstić information content (AvgIpc) is 3.23. The van der Waals surface area contributed by atoms with Crippen molar-refractivity contribution in [2.75, 3.05) is 11.9 Å². The number of carbonyl (C=O) groups is 2. The van der Waals surface area contributed by atoms with Crippen molar-refractivity contribution in [2.45, 2.75) is 31.6 Å². The summed E-state index contributed by atoms with van der Waals surface area (Å²) in [5.74, 6) is -2.20. The summed E-state index contributed by atoms with van der Waals surface area (Å²) < 4.78 is 26.3. The van der Waals surface area contributed by atoms with Crippen molar-refractivity contribution in [3.05, 3.63) is 47.2 Å². The Morgan fingerprint density at radius 1 is 1.20 bits per heavy atom. The largest absolute Gasteiger partial charge is 0.343 e. The fourth-order valence-corrected chi connectivity index (χ4v) is 2.96. The standard InChI is InChI=1S/C17H18F2N4O2/c18-11-5-6-12(13(19)7-11)17(25)20-9-16(24)21-15-8-14(22-23-15)10-3-1-2-4-10/h5-8,10H,1-4,9H2,(H,20,25)(H2,21,22,23,24). The topological polar surface area (TPSA) is 86.9 Å². The predicted octanol–water partition coefficient (Wildman–Crippen LogP) is 2.71. The third-order valence-corrected chi connectivity index (χ3v) is 4.25. The number of anilines is 1. The molecule has 2 amide bonds. The first-order valence-corrected chi connectivity index (χ1v) is 8.11. The van der Waals surface area contributed by atoms with Crippen LogP contribution in [0.5, 0.6) is 0 Å². The number of hydrogen-bond donors (Lipinski definition) is 3. The summed E-state index contributed by atoms with van der Waals surface area (Å²) in [4.78, 5) is 23.7. The molecule has 8 heteroatoms. The van der Waals surface area contributed by atoms with Gasteiger partial charge in [0.2, 0.25) is 5.91 Å². The normalized spacial score (nSPS) is 14.5. The summed E-state index contributed by atoms with van der Waals surface area (Å²) in [6.07, 6.45) is 4.60. The van der Waals surface area contributed by atoms with Crippen LogP contribution in [0.2, 0.25) is 0 Å². The van der Waals surface area contributed by atoms with Crippen LogP contribution in [-0.2, 0) is 4.79 Å². The van der Waals surface area contributed by atoms with Crippen LogP contribution in [0.25, 0.3) is 0 Å². The second kappa shape index (κ2) is 7.42. The molecule has 6 nitrogen and oxygen atoms in total. The lowest BCUT2D eigenvalue weighted by molar-refractivity contribution is -0.115. The Morgan fingerprint density at radius 3 is 2.68 bits per heavy atom. The zero-order valence-corrected chi connectivity index (χ0v) is 13.4. The Kier molecular flexibility index (Phi) is 5.06. The van der Waals surface area contributed by atoms with Crippen LogP contribution in [0.1, 0.15) is 47.7 Å². The molecule has 0 aliphatic heterocycles. The van der Waals surface area contributed by atoms with Gasteiger partial charge in [-0.15, -0.1) is 0 Å². The summed E-state index contributed by atoms with van der Waals surface area (Å²) in [6, 6.07) is 4.41. The molecule has 0 unspecified atom stereocenters. The molecule has 3 rings (SSSR count). The fraction of sp³-hybridized carbons (Fsp3) is 0.353. The molecular weight excluding hydrogens is 330 g/mol. The van der Waals surface area contributed by atoms with Gasteiger partial charge in [0, 0.05) is 23.7 Å². The maximum absolute atomic E-state index is 13.5. The van der Waals surface area contributed by atoms with E-state index in [4.69, 9.17) is 0 Å². The SMILES string of the molecule is O=C(CNC(=O)c1ccc(F)cc1F)Nc1cc(C2CCCC2)[nH]n1. The van der Waals surface area contributed by atoms with Crippen molar-refractivity contribution in [1.82, 2.24) is 15.5 Å². The van der Waals surface area contributed by atoms with Crippen molar-refractivity contribution in [3.63, 3.8) is 0 Å². The third kappa shape index (κ3) is 4.20. The number of hydrogen-bond acceptors (Lipinski definition) is 3. The van der Waals surface area contributed by atoms with Crippen LogP contribution in [0.4, 0.5) is 14.6 Å². The molecule has 2 aromatic rings. The molecule has 132 valence electrons. The van der Waals surface area contributed by atoms with Crippen molar-refractivity contribution >= 4 is 17.6 Å². The van der Waals surface area contributed by atoms with E-state index in [-0.39, 0.29) is 12.1 Å². The van der Waals surface area contributed by atoms with Crippen LogP contribution in [-0.4, -0.2) is 28.6 Å². The first-order valence-electron chi connectivity index (χ1n) is 8.11. The third-order valence-electron chi connectivity index (χ3n) is 4.25. The molecule has 0 bridgehead atoms. The van der Waals surface area contributed by atoms with Crippen LogP contribution in [0.15, 0.2) is 24.3 Å². The first kappa shape index (κ1) is 17.1. The fourth-order valence-electron chi connectivity index (χ4n) is 2.96. The summed E-state index contributed by atoms with van der Waals surface area (Å²) in [5, 5.41) is 11.8. The second-order valence-electron chi connectivity index (χ2n) is 6.04. The van der Waals surface area contributed by atoms with Gasteiger partial charge in [-0.2, -0.15) is 5.10 Å². The number of nitrogens with zero attached hydrogens (tertiary/aromatic N) is 1. The molecule has 1 saturated carbocycles. The van der Waals surface area contributed by atoms with Gasteiger partial charge in [-0.25, -0.2) is 8.78 Å². The Bertz CT molecular complexity index is 785. The maximum atomic E-state index is 13.5. The lowest BCUT2D eigenvalue weighted by atomic mass is 10.0. The molecule has 0 atom stereocenters.